The topological polar surface area (TPSA) is 25.4 Å². The molecule has 1 aliphatic heterocycles. The number of benzene rings is 1. The molecule has 0 radical (unpaired) electrons. The van der Waals surface area contributed by atoms with Crippen LogP contribution in [0.1, 0.15) is 29.8 Å². The Morgan fingerprint density at radius 1 is 1.09 bits per heavy atom. The fourth-order valence-electron chi connectivity index (χ4n) is 3.06. The first-order valence-electron chi connectivity index (χ1n) is 8.00. The Kier molecular flexibility index (Phi) is 4.55. The van der Waals surface area contributed by atoms with Crippen LogP contribution >= 0.6 is 0 Å². The van der Waals surface area contributed by atoms with Crippen LogP contribution in [0.15, 0.2) is 36.5 Å². The zero-order valence-electron chi connectivity index (χ0n) is 13.7. The summed E-state index contributed by atoms with van der Waals surface area (Å²) in [4.78, 5) is 6.84. The fourth-order valence-corrected chi connectivity index (χ4v) is 3.06. The molecule has 1 saturated heterocycles. The Morgan fingerprint density at radius 3 is 2.45 bits per heavy atom. The maximum atomic E-state index is 5.44. The smallest absolute Gasteiger partial charge is 0.0594 e. The summed E-state index contributed by atoms with van der Waals surface area (Å²) in [5.41, 5.74) is 6.19. The van der Waals surface area contributed by atoms with Gasteiger partial charge < -0.3 is 4.74 Å². The van der Waals surface area contributed by atoms with Gasteiger partial charge in [0.05, 0.1) is 13.2 Å². The molecule has 1 aliphatic rings. The summed E-state index contributed by atoms with van der Waals surface area (Å²) < 4.78 is 5.44. The molecule has 2 heterocycles. The minimum atomic E-state index is 0.443. The van der Waals surface area contributed by atoms with Crippen LogP contribution in [-0.4, -0.2) is 36.2 Å². The first-order chi connectivity index (χ1) is 10.6. The van der Waals surface area contributed by atoms with E-state index in [0.717, 1.165) is 32.0 Å². The van der Waals surface area contributed by atoms with Gasteiger partial charge in [-0.1, -0.05) is 24.3 Å². The van der Waals surface area contributed by atoms with Gasteiger partial charge in [0.25, 0.3) is 0 Å². The second kappa shape index (κ2) is 6.59. The average Bonchev–Trinajstić information content (AvgIpc) is 2.57. The molecule has 3 nitrogen and oxygen atoms in total. The van der Waals surface area contributed by atoms with Gasteiger partial charge >= 0.3 is 0 Å². The molecule has 0 bridgehead atoms. The van der Waals surface area contributed by atoms with Crippen LogP contribution in [0.25, 0.3) is 11.1 Å². The van der Waals surface area contributed by atoms with E-state index in [1.54, 1.807) is 0 Å². The molecule has 0 aliphatic carbocycles. The number of hydrogen-bond donors (Lipinski definition) is 0. The number of hydrogen-bond acceptors (Lipinski definition) is 3. The number of rotatable bonds is 3. The molecule has 2 aromatic rings. The molecule has 3 rings (SSSR count). The largest absolute Gasteiger partial charge is 0.379 e. The lowest BCUT2D eigenvalue weighted by Gasteiger charge is -2.32. The van der Waals surface area contributed by atoms with E-state index in [1.165, 1.54) is 22.3 Å². The molecule has 116 valence electrons. The van der Waals surface area contributed by atoms with Crippen molar-refractivity contribution in [3.05, 3.63) is 53.3 Å². The SMILES string of the molecule is Cc1cc(-c2ccc([C@H](C)N3CCOCC3)cc2)c(C)cn1. The first kappa shape index (κ1) is 15.2. The van der Waals surface area contributed by atoms with Crippen LogP contribution in [0.2, 0.25) is 0 Å². The summed E-state index contributed by atoms with van der Waals surface area (Å²) in [5, 5.41) is 0. The number of aromatic nitrogens is 1. The van der Waals surface area contributed by atoms with Crippen LogP contribution in [-0.2, 0) is 4.74 Å². The zero-order valence-corrected chi connectivity index (χ0v) is 13.7. The minimum Gasteiger partial charge on any atom is -0.379 e. The Bertz CT molecular complexity index is 630. The highest BCUT2D eigenvalue weighted by molar-refractivity contribution is 5.67. The molecular formula is C19H24N2O. The van der Waals surface area contributed by atoms with Gasteiger partial charge in [0.1, 0.15) is 0 Å². The fraction of sp³-hybridized carbons (Fsp3) is 0.421. The molecule has 1 aromatic carbocycles. The van der Waals surface area contributed by atoms with Crippen molar-refractivity contribution in [2.75, 3.05) is 26.3 Å². The Labute approximate surface area is 132 Å². The number of pyridine rings is 1. The predicted octanol–water partition coefficient (Wildman–Crippen LogP) is 3.76. The molecule has 0 spiro atoms. The van der Waals surface area contributed by atoms with Crippen molar-refractivity contribution < 1.29 is 4.74 Å². The number of morpholine rings is 1. The highest BCUT2D eigenvalue weighted by atomic mass is 16.5. The van der Waals surface area contributed by atoms with Gasteiger partial charge in [-0.15, -0.1) is 0 Å². The molecule has 0 N–H and O–H groups in total. The Balaban J connectivity index is 1.81. The van der Waals surface area contributed by atoms with E-state index in [4.69, 9.17) is 4.74 Å². The van der Waals surface area contributed by atoms with Gasteiger partial charge in [-0.2, -0.15) is 0 Å². The molecule has 1 fully saturated rings. The van der Waals surface area contributed by atoms with Crippen molar-refractivity contribution in [3.8, 4) is 11.1 Å². The highest BCUT2D eigenvalue weighted by Gasteiger charge is 2.18. The highest BCUT2D eigenvalue weighted by Crippen LogP contribution is 2.27. The van der Waals surface area contributed by atoms with Gasteiger partial charge in [-0.05, 0) is 49.1 Å². The standard InChI is InChI=1S/C19H24N2O/c1-14-13-20-15(2)12-19(14)18-6-4-17(5-7-18)16(3)21-8-10-22-11-9-21/h4-7,12-13,16H,8-11H2,1-3H3/t16-/m0/s1. The normalized spacial score (nSPS) is 17.4. The van der Waals surface area contributed by atoms with Crippen LogP contribution in [0.4, 0.5) is 0 Å². The Hall–Kier alpha value is -1.71. The molecule has 3 heteroatoms. The lowest BCUT2D eigenvalue weighted by molar-refractivity contribution is 0.0198. The molecule has 0 saturated carbocycles. The van der Waals surface area contributed by atoms with Crippen molar-refractivity contribution in [2.45, 2.75) is 26.8 Å². The van der Waals surface area contributed by atoms with E-state index in [0.29, 0.717) is 6.04 Å². The average molecular weight is 296 g/mol. The van der Waals surface area contributed by atoms with Crippen molar-refractivity contribution in [3.63, 3.8) is 0 Å². The van der Waals surface area contributed by atoms with Crippen LogP contribution in [0.5, 0.6) is 0 Å². The third-order valence-electron chi connectivity index (χ3n) is 4.54. The summed E-state index contributed by atoms with van der Waals surface area (Å²) in [7, 11) is 0. The van der Waals surface area contributed by atoms with Gasteiger partial charge in [-0.3, -0.25) is 9.88 Å². The second-order valence-corrected chi connectivity index (χ2v) is 6.09. The first-order valence-corrected chi connectivity index (χ1v) is 8.00. The van der Waals surface area contributed by atoms with Crippen molar-refractivity contribution in [1.29, 1.82) is 0 Å². The van der Waals surface area contributed by atoms with Gasteiger partial charge in [0.2, 0.25) is 0 Å². The third kappa shape index (κ3) is 3.21. The van der Waals surface area contributed by atoms with Crippen LogP contribution in [0, 0.1) is 13.8 Å². The number of ether oxygens (including phenoxy) is 1. The lowest BCUT2D eigenvalue weighted by atomic mass is 9.98. The van der Waals surface area contributed by atoms with Crippen molar-refractivity contribution in [2.24, 2.45) is 0 Å². The third-order valence-corrected chi connectivity index (χ3v) is 4.54. The molecule has 0 unspecified atom stereocenters. The van der Waals surface area contributed by atoms with E-state index >= 15 is 0 Å². The number of aryl methyl sites for hydroxylation is 2. The number of nitrogens with zero attached hydrogens (tertiary/aromatic N) is 2. The molecule has 1 aromatic heterocycles. The summed E-state index contributed by atoms with van der Waals surface area (Å²) in [6, 6.07) is 11.6. The van der Waals surface area contributed by atoms with E-state index in [9.17, 15) is 0 Å². The Morgan fingerprint density at radius 2 is 1.77 bits per heavy atom. The molecule has 22 heavy (non-hydrogen) atoms. The van der Waals surface area contributed by atoms with Gasteiger partial charge in [0.15, 0.2) is 0 Å². The van der Waals surface area contributed by atoms with Crippen molar-refractivity contribution >= 4 is 0 Å². The second-order valence-electron chi connectivity index (χ2n) is 6.09. The summed E-state index contributed by atoms with van der Waals surface area (Å²) in [6.07, 6.45) is 1.95. The van der Waals surface area contributed by atoms with E-state index in [2.05, 4.69) is 54.1 Å². The lowest BCUT2D eigenvalue weighted by Crippen LogP contribution is -2.37. The maximum Gasteiger partial charge on any atom is 0.0594 e. The summed E-state index contributed by atoms with van der Waals surface area (Å²) in [5.74, 6) is 0. The molecular weight excluding hydrogens is 272 g/mol. The minimum absolute atomic E-state index is 0.443. The van der Waals surface area contributed by atoms with E-state index in [-0.39, 0.29) is 0 Å². The predicted molar refractivity (Wildman–Crippen MR) is 90.0 cm³/mol. The monoisotopic (exact) mass is 296 g/mol. The van der Waals surface area contributed by atoms with Gasteiger partial charge in [-0.25, -0.2) is 0 Å². The van der Waals surface area contributed by atoms with Gasteiger partial charge in [0, 0.05) is 31.0 Å². The van der Waals surface area contributed by atoms with E-state index < -0.39 is 0 Å². The quantitative estimate of drug-likeness (QED) is 0.862. The zero-order chi connectivity index (χ0) is 15.5. The summed E-state index contributed by atoms with van der Waals surface area (Å²) >= 11 is 0. The molecule has 1 atom stereocenters. The maximum absolute atomic E-state index is 5.44. The van der Waals surface area contributed by atoms with Crippen LogP contribution in [0.3, 0.4) is 0 Å². The van der Waals surface area contributed by atoms with Crippen molar-refractivity contribution in [1.82, 2.24) is 9.88 Å². The van der Waals surface area contributed by atoms with E-state index in [1.807, 2.05) is 13.1 Å². The summed E-state index contributed by atoms with van der Waals surface area (Å²) in [6.45, 7) is 10.2. The molecule has 0 amide bonds. The van der Waals surface area contributed by atoms with Crippen LogP contribution < -0.4 is 0 Å².